The molecule has 174 valence electrons. The second kappa shape index (κ2) is 11.0. The van der Waals surface area contributed by atoms with Crippen LogP contribution in [0, 0.1) is 0 Å². The number of benzene rings is 2. The van der Waals surface area contributed by atoms with Crippen molar-refractivity contribution in [2.75, 3.05) is 31.3 Å². The van der Waals surface area contributed by atoms with Crippen molar-refractivity contribution in [3.8, 4) is 0 Å². The number of aromatic nitrogens is 2. The molecule has 1 atom stereocenters. The van der Waals surface area contributed by atoms with E-state index in [0.717, 1.165) is 17.0 Å². The summed E-state index contributed by atoms with van der Waals surface area (Å²) >= 11 is 0. The molecule has 0 saturated heterocycles. The largest absolute Gasteiger partial charge is 0.363 e. The molecule has 1 aromatic heterocycles. The molecule has 33 heavy (non-hydrogen) atoms. The zero-order chi connectivity index (χ0) is 23.8. The third kappa shape index (κ3) is 7.32. The third-order valence-electron chi connectivity index (χ3n) is 5.15. The predicted octanol–water partition coefficient (Wildman–Crippen LogP) is 5.27. The van der Waals surface area contributed by atoms with Crippen molar-refractivity contribution in [2.24, 2.45) is 0 Å². The van der Waals surface area contributed by atoms with E-state index in [0.29, 0.717) is 36.1 Å². The maximum atomic E-state index is 14.0. The van der Waals surface area contributed by atoms with Crippen LogP contribution in [-0.2, 0) is 4.79 Å². The summed E-state index contributed by atoms with van der Waals surface area (Å²) in [6.45, 7) is 2.59. The molecule has 1 unspecified atom stereocenters. The molecule has 3 aromatic rings. The quantitative estimate of drug-likeness (QED) is 0.409. The van der Waals surface area contributed by atoms with E-state index < -0.39 is 11.8 Å². The van der Waals surface area contributed by atoms with Crippen molar-refractivity contribution in [1.29, 1.82) is 0 Å². The van der Waals surface area contributed by atoms with Gasteiger partial charge in [0.15, 0.2) is 0 Å². The highest BCUT2D eigenvalue weighted by Crippen LogP contribution is 2.27. The Morgan fingerprint density at radius 3 is 2.64 bits per heavy atom. The molecule has 6 nitrogen and oxygen atoms in total. The van der Waals surface area contributed by atoms with Gasteiger partial charge < -0.3 is 15.5 Å². The highest BCUT2D eigenvalue weighted by molar-refractivity contribution is 6.01. The molecule has 0 spiro atoms. The maximum Gasteiger partial charge on any atom is 0.267 e. The predicted molar refractivity (Wildman–Crippen MR) is 129 cm³/mol. The highest BCUT2D eigenvalue weighted by atomic mass is 19.3. The van der Waals surface area contributed by atoms with Crippen LogP contribution in [0.3, 0.4) is 0 Å². The van der Waals surface area contributed by atoms with Gasteiger partial charge in [-0.15, -0.1) is 0 Å². The molecule has 0 bridgehead atoms. The third-order valence-corrected chi connectivity index (χ3v) is 5.15. The smallest absolute Gasteiger partial charge is 0.267 e. The van der Waals surface area contributed by atoms with Gasteiger partial charge in [0.1, 0.15) is 12.1 Å². The number of rotatable bonds is 10. The SMILES string of the molecule is CC(Nc1ncnc2ccc(NC(=O)C=CC(F)(F)CCCN(C)C)cc12)c1ccccc1. The Kier molecular flexibility index (Phi) is 8.06. The summed E-state index contributed by atoms with van der Waals surface area (Å²) in [5, 5.41) is 6.73. The van der Waals surface area contributed by atoms with Gasteiger partial charge in [0, 0.05) is 29.6 Å². The first-order valence-corrected chi connectivity index (χ1v) is 10.8. The fraction of sp³-hybridized carbons (Fsp3) is 0.320. The average Bonchev–Trinajstić information content (AvgIpc) is 2.78. The van der Waals surface area contributed by atoms with Crippen LogP contribution in [0.25, 0.3) is 10.9 Å². The van der Waals surface area contributed by atoms with Crippen LogP contribution in [0.4, 0.5) is 20.3 Å². The zero-order valence-corrected chi connectivity index (χ0v) is 19.1. The Morgan fingerprint density at radius 2 is 1.91 bits per heavy atom. The molecule has 0 fully saturated rings. The van der Waals surface area contributed by atoms with Gasteiger partial charge >= 0.3 is 0 Å². The summed E-state index contributed by atoms with van der Waals surface area (Å²) in [7, 11) is 3.67. The Bertz CT molecular complexity index is 1100. The van der Waals surface area contributed by atoms with Gasteiger partial charge in [-0.1, -0.05) is 30.3 Å². The lowest BCUT2D eigenvalue weighted by Gasteiger charge is -2.16. The van der Waals surface area contributed by atoms with E-state index >= 15 is 0 Å². The molecule has 2 aromatic carbocycles. The van der Waals surface area contributed by atoms with Crippen molar-refractivity contribution in [1.82, 2.24) is 14.9 Å². The summed E-state index contributed by atoms with van der Waals surface area (Å²) in [5.41, 5.74) is 2.28. The first-order chi connectivity index (χ1) is 15.7. The van der Waals surface area contributed by atoms with E-state index in [1.807, 2.05) is 56.3 Å². The number of carbonyl (C=O) groups is 1. The summed E-state index contributed by atoms with van der Waals surface area (Å²) in [5.74, 6) is -3.03. The number of fused-ring (bicyclic) bond motifs is 1. The van der Waals surface area contributed by atoms with Gasteiger partial charge in [-0.05, 0) is 63.8 Å². The minimum atomic E-state index is -3.03. The van der Waals surface area contributed by atoms with Crippen molar-refractivity contribution in [3.63, 3.8) is 0 Å². The van der Waals surface area contributed by atoms with Crippen LogP contribution in [-0.4, -0.2) is 47.3 Å². The second-order valence-corrected chi connectivity index (χ2v) is 8.22. The van der Waals surface area contributed by atoms with E-state index in [9.17, 15) is 13.6 Å². The average molecular weight is 454 g/mol. The van der Waals surface area contributed by atoms with Gasteiger partial charge in [0.2, 0.25) is 5.91 Å². The van der Waals surface area contributed by atoms with E-state index in [4.69, 9.17) is 0 Å². The Hall–Kier alpha value is -3.39. The number of alkyl halides is 2. The normalized spacial score (nSPS) is 12.9. The summed E-state index contributed by atoms with van der Waals surface area (Å²) in [6, 6.07) is 15.1. The molecule has 0 radical (unpaired) electrons. The minimum absolute atomic E-state index is 0.000192. The minimum Gasteiger partial charge on any atom is -0.363 e. The first-order valence-electron chi connectivity index (χ1n) is 10.8. The van der Waals surface area contributed by atoms with E-state index in [1.54, 1.807) is 18.2 Å². The number of nitrogens with one attached hydrogen (secondary N) is 2. The molecule has 3 rings (SSSR count). The Balaban J connectivity index is 1.70. The van der Waals surface area contributed by atoms with Crippen LogP contribution in [0.5, 0.6) is 0 Å². The number of allylic oxidation sites excluding steroid dienone is 1. The van der Waals surface area contributed by atoms with Crippen LogP contribution in [0.15, 0.2) is 67.0 Å². The van der Waals surface area contributed by atoms with Gasteiger partial charge in [0.05, 0.1) is 5.52 Å². The fourth-order valence-corrected chi connectivity index (χ4v) is 3.38. The van der Waals surface area contributed by atoms with E-state index in [1.165, 1.54) is 6.33 Å². The van der Waals surface area contributed by atoms with E-state index in [2.05, 4.69) is 20.6 Å². The summed E-state index contributed by atoms with van der Waals surface area (Å²) < 4.78 is 28.0. The molecule has 0 aliphatic heterocycles. The van der Waals surface area contributed by atoms with Crippen molar-refractivity contribution < 1.29 is 13.6 Å². The lowest BCUT2D eigenvalue weighted by Crippen LogP contribution is -2.19. The van der Waals surface area contributed by atoms with Crippen molar-refractivity contribution in [3.05, 3.63) is 72.6 Å². The molecule has 1 heterocycles. The van der Waals surface area contributed by atoms with Gasteiger partial charge in [-0.3, -0.25) is 4.79 Å². The molecule has 8 heteroatoms. The first kappa shape index (κ1) is 24.3. The monoisotopic (exact) mass is 453 g/mol. The molecular formula is C25H29F2N5O. The number of nitrogens with zero attached hydrogens (tertiary/aromatic N) is 3. The number of amides is 1. The standard InChI is InChI=1S/C25H29F2N5O/c1-18(19-8-5-4-6-9-19)30-24-21-16-20(10-11-22(21)28-17-29-24)31-23(33)12-14-25(26,27)13-7-15-32(2)3/h4-6,8-12,14,16-18H,7,13,15H2,1-3H3,(H,31,33)(H,28,29,30). The number of anilines is 2. The molecule has 1 amide bonds. The molecule has 2 N–H and O–H groups in total. The van der Waals surface area contributed by atoms with Gasteiger partial charge in [-0.2, -0.15) is 0 Å². The number of halogens is 2. The Labute approximate surface area is 192 Å². The lowest BCUT2D eigenvalue weighted by atomic mass is 10.1. The number of hydrogen-bond donors (Lipinski definition) is 2. The maximum absolute atomic E-state index is 14.0. The molecule has 0 saturated carbocycles. The number of hydrogen-bond acceptors (Lipinski definition) is 5. The highest BCUT2D eigenvalue weighted by Gasteiger charge is 2.24. The molecule has 0 aliphatic carbocycles. The number of carbonyl (C=O) groups excluding carboxylic acids is 1. The van der Waals surface area contributed by atoms with Crippen LogP contribution in [0.2, 0.25) is 0 Å². The van der Waals surface area contributed by atoms with Gasteiger partial charge in [0.25, 0.3) is 5.92 Å². The van der Waals surface area contributed by atoms with Crippen LogP contribution < -0.4 is 10.6 Å². The molecule has 0 aliphatic rings. The Morgan fingerprint density at radius 1 is 1.15 bits per heavy atom. The zero-order valence-electron chi connectivity index (χ0n) is 19.1. The fourth-order valence-electron chi connectivity index (χ4n) is 3.38. The molecular weight excluding hydrogens is 424 g/mol. The van der Waals surface area contributed by atoms with E-state index in [-0.39, 0.29) is 12.5 Å². The second-order valence-electron chi connectivity index (χ2n) is 8.22. The topological polar surface area (TPSA) is 70.1 Å². The van der Waals surface area contributed by atoms with Crippen molar-refractivity contribution >= 4 is 28.3 Å². The van der Waals surface area contributed by atoms with Crippen LogP contribution >= 0.6 is 0 Å². The summed E-state index contributed by atoms with van der Waals surface area (Å²) in [6.07, 6.45) is 3.06. The van der Waals surface area contributed by atoms with Crippen LogP contribution in [0.1, 0.15) is 31.4 Å². The summed E-state index contributed by atoms with van der Waals surface area (Å²) in [4.78, 5) is 22.7. The lowest BCUT2D eigenvalue weighted by molar-refractivity contribution is -0.112. The van der Waals surface area contributed by atoms with Crippen molar-refractivity contribution in [2.45, 2.75) is 31.7 Å². The van der Waals surface area contributed by atoms with Gasteiger partial charge in [-0.25, -0.2) is 18.7 Å².